The summed E-state index contributed by atoms with van der Waals surface area (Å²) in [4.78, 5) is 16.7. The van der Waals surface area contributed by atoms with Crippen LogP contribution in [0, 0.1) is 0 Å². The minimum atomic E-state index is -0.00303. The molecule has 0 unspecified atom stereocenters. The first-order valence-corrected chi connectivity index (χ1v) is 8.05. The van der Waals surface area contributed by atoms with Crippen LogP contribution < -0.4 is 0 Å². The minimum absolute atomic E-state index is 0.00303. The molecule has 0 saturated heterocycles. The number of nitrogens with one attached hydrogen (secondary N) is 1. The fraction of sp³-hybridized carbons (Fsp3) is 0.167. The maximum absolute atomic E-state index is 12.4. The summed E-state index contributed by atoms with van der Waals surface area (Å²) < 4.78 is 1.73. The van der Waals surface area contributed by atoms with Gasteiger partial charge in [0, 0.05) is 30.6 Å². The Morgan fingerprint density at radius 2 is 1.96 bits per heavy atom. The third-order valence-electron chi connectivity index (χ3n) is 3.98. The van der Waals surface area contributed by atoms with Gasteiger partial charge in [-0.3, -0.25) is 14.9 Å². The number of hydrogen-bond acceptors (Lipinski definition) is 5. The van der Waals surface area contributed by atoms with Gasteiger partial charge >= 0.3 is 0 Å². The smallest absolute Gasteiger partial charge is 0.184 e. The number of hydrogen-bond donors (Lipinski definition) is 1. The van der Waals surface area contributed by atoms with Crippen molar-refractivity contribution in [2.45, 2.75) is 19.4 Å². The van der Waals surface area contributed by atoms with Gasteiger partial charge in [0.05, 0.1) is 23.4 Å². The third kappa shape index (κ3) is 3.30. The number of fused-ring (bicyclic) bond motifs is 1. The lowest BCUT2D eigenvalue weighted by molar-refractivity contribution is 0.0979. The molecule has 0 aliphatic rings. The molecule has 3 aromatic heterocycles. The van der Waals surface area contributed by atoms with Crippen LogP contribution in [0.5, 0.6) is 0 Å². The first-order chi connectivity index (χ1) is 12.3. The quantitative estimate of drug-likeness (QED) is 0.548. The molecule has 7 nitrogen and oxygen atoms in total. The fourth-order valence-corrected chi connectivity index (χ4v) is 2.72. The second-order valence-electron chi connectivity index (χ2n) is 5.77. The van der Waals surface area contributed by atoms with E-state index >= 15 is 0 Å². The van der Waals surface area contributed by atoms with E-state index in [2.05, 4.69) is 25.5 Å². The Morgan fingerprint density at radius 3 is 2.84 bits per heavy atom. The number of benzene rings is 1. The topological polar surface area (TPSA) is 89.3 Å². The van der Waals surface area contributed by atoms with Crippen LogP contribution in [0.4, 0.5) is 0 Å². The summed E-state index contributed by atoms with van der Waals surface area (Å²) in [5.74, 6) is -0.00303. The molecule has 25 heavy (non-hydrogen) atoms. The number of H-pyrrole nitrogens is 1. The van der Waals surface area contributed by atoms with Crippen LogP contribution in [-0.2, 0) is 13.0 Å². The van der Waals surface area contributed by atoms with Gasteiger partial charge in [-0.25, -0.2) is 4.68 Å². The Kier molecular flexibility index (Phi) is 4.04. The molecule has 0 amide bonds. The van der Waals surface area contributed by atoms with Gasteiger partial charge < -0.3 is 0 Å². The number of aromatic amines is 1. The van der Waals surface area contributed by atoms with E-state index in [-0.39, 0.29) is 5.78 Å². The summed E-state index contributed by atoms with van der Waals surface area (Å²) in [6.07, 6.45) is 4.48. The second-order valence-corrected chi connectivity index (χ2v) is 5.77. The lowest BCUT2D eigenvalue weighted by Gasteiger charge is -1.98. The number of aryl methyl sites for hydroxylation is 1. The summed E-state index contributed by atoms with van der Waals surface area (Å²) in [6, 6.07) is 13.4. The Hall–Kier alpha value is -3.35. The van der Waals surface area contributed by atoms with E-state index in [4.69, 9.17) is 0 Å². The average molecular weight is 332 g/mol. The van der Waals surface area contributed by atoms with Crippen molar-refractivity contribution >= 4 is 16.7 Å². The first kappa shape index (κ1) is 15.2. The van der Waals surface area contributed by atoms with Crippen molar-refractivity contribution in [3.63, 3.8) is 0 Å². The van der Waals surface area contributed by atoms with Crippen molar-refractivity contribution in [1.29, 1.82) is 0 Å². The predicted octanol–water partition coefficient (Wildman–Crippen LogP) is 2.41. The number of aromatic nitrogens is 6. The van der Waals surface area contributed by atoms with E-state index in [1.807, 2.05) is 48.7 Å². The van der Waals surface area contributed by atoms with Crippen LogP contribution in [0.2, 0.25) is 0 Å². The van der Waals surface area contributed by atoms with Crippen molar-refractivity contribution < 1.29 is 4.79 Å². The molecule has 1 aromatic carbocycles. The van der Waals surface area contributed by atoms with Crippen LogP contribution in [0.15, 0.2) is 54.9 Å². The lowest BCUT2D eigenvalue weighted by atomic mass is 10.1. The van der Waals surface area contributed by atoms with Gasteiger partial charge in [-0.15, -0.1) is 5.10 Å². The predicted molar refractivity (Wildman–Crippen MR) is 92.1 cm³/mol. The molecule has 7 heteroatoms. The van der Waals surface area contributed by atoms with Gasteiger partial charge in [0.15, 0.2) is 5.78 Å². The van der Waals surface area contributed by atoms with Crippen molar-refractivity contribution in [1.82, 2.24) is 30.2 Å². The minimum Gasteiger partial charge on any atom is -0.292 e. The average Bonchev–Trinajstić information content (AvgIpc) is 3.27. The van der Waals surface area contributed by atoms with E-state index in [1.54, 1.807) is 10.9 Å². The van der Waals surface area contributed by atoms with Crippen LogP contribution in [0.1, 0.15) is 28.3 Å². The number of carbonyl (C=O) groups excluding carboxylic acids is 1. The van der Waals surface area contributed by atoms with Gasteiger partial charge in [0.25, 0.3) is 0 Å². The molecule has 124 valence electrons. The van der Waals surface area contributed by atoms with Crippen molar-refractivity contribution in [2.75, 3.05) is 0 Å². The highest BCUT2D eigenvalue weighted by atomic mass is 16.1. The highest BCUT2D eigenvalue weighted by molar-refractivity contribution is 6.05. The normalized spacial score (nSPS) is 11.0. The molecule has 0 spiro atoms. The third-order valence-corrected chi connectivity index (χ3v) is 3.98. The first-order valence-electron chi connectivity index (χ1n) is 8.05. The number of ketones is 1. The zero-order valence-corrected chi connectivity index (χ0v) is 13.5. The molecular formula is C18H16N6O. The molecule has 4 aromatic rings. The van der Waals surface area contributed by atoms with Gasteiger partial charge in [0.1, 0.15) is 5.69 Å². The summed E-state index contributed by atoms with van der Waals surface area (Å²) in [7, 11) is 0. The van der Waals surface area contributed by atoms with E-state index in [0.717, 1.165) is 22.3 Å². The molecule has 0 radical (unpaired) electrons. The molecule has 0 atom stereocenters. The van der Waals surface area contributed by atoms with Gasteiger partial charge in [-0.1, -0.05) is 29.5 Å². The molecular weight excluding hydrogens is 316 g/mol. The second kappa shape index (κ2) is 6.64. The van der Waals surface area contributed by atoms with E-state index in [9.17, 15) is 4.79 Å². The fourth-order valence-electron chi connectivity index (χ4n) is 2.72. The maximum Gasteiger partial charge on any atom is 0.184 e. The highest BCUT2D eigenvalue weighted by Gasteiger charge is 2.14. The highest BCUT2D eigenvalue weighted by Crippen LogP contribution is 2.17. The summed E-state index contributed by atoms with van der Waals surface area (Å²) in [6.45, 7) is 0.561. The van der Waals surface area contributed by atoms with Crippen LogP contribution in [0.3, 0.4) is 0 Å². The molecule has 1 N–H and O–H groups in total. The van der Waals surface area contributed by atoms with E-state index in [1.165, 1.54) is 0 Å². The summed E-state index contributed by atoms with van der Waals surface area (Å²) in [5.41, 5.74) is 3.05. The number of para-hydroxylation sites is 1. The van der Waals surface area contributed by atoms with Crippen LogP contribution >= 0.6 is 0 Å². The molecule has 0 fully saturated rings. The number of rotatable bonds is 6. The largest absolute Gasteiger partial charge is 0.292 e. The Balaban J connectivity index is 1.41. The zero-order valence-electron chi connectivity index (χ0n) is 13.5. The Bertz CT molecular complexity index is 1000. The number of pyridine rings is 1. The molecule has 0 bridgehead atoms. The van der Waals surface area contributed by atoms with Crippen LogP contribution in [0.25, 0.3) is 10.9 Å². The summed E-state index contributed by atoms with van der Waals surface area (Å²) >= 11 is 0. The van der Waals surface area contributed by atoms with E-state index < -0.39 is 0 Å². The molecule has 3 heterocycles. The van der Waals surface area contributed by atoms with Gasteiger partial charge in [-0.05, 0) is 18.2 Å². The molecule has 4 rings (SSSR count). The van der Waals surface area contributed by atoms with Crippen molar-refractivity contribution in [2.24, 2.45) is 0 Å². The van der Waals surface area contributed by atoms with Gasteiger partial charge in [-0.2, -0.15) is 5.10 Å². The van der Waals surface area contributed by atoms with Crippen molar-refractivity contribution in [3.05, 3.63) is 71.9 Å². The maximum atomic E-state index is 12.4. The Labute approximate surface area is 143 Å². The SMILES string of the molecule is O=C(CCc1cn(Cc2ccccn2)nn1)c1n[nH]c2ccccc12. The molecule has 0 aliphatic heterocycles. The van der Waals surface area contributed by atoms with Gasteiger partial charge in [0.2, 0.25) is 0 Å². The number of Topliss-reactive ketones (excluding diaryl/α,β-unsaturated/α-hetero) is 1. The molecule has 0 saturated carbocycles. The Morgan fingerprint density at radius 1 is 1.08 bits per heavy atom. The standard InChI is InChI=1S/C18H16N6O/c25-17(18-15-6-1-2-7-16(15)21-22-18)9-8-14-12-24(23-20-14)11-13-5-3-4-10-19-13/h1-7,10,12H,8-9,11H2,(H,21,22). The van der Waals surface area contributed by atoms with Crippen LogP contribution in [-0.4, -0.2) is 36.0 Å². The number of carbonyl (C=O) groups is 1. The van der Waals surface area contributed by atoms with E-state index in [0.29, 0.717) is 25.1 Å². The lowest BCUT2D eigenvalue weighted by Crippen LogP contribution is -2.03. The zero-order chi connectivity index (χ0) is 17.1. The monoisotopic (exact) mass is 332 g/mol. The summed E-state index contributed by atoms with van der Waals surface area (Å²) in [5, 5.41) is 16.1. The number of nitrogens with zero attached hydrogens (tertiary/aromatic N) is 5. The van der Waals surface area contributed by atoms with Crippen molar-refractivity contribution in [3.8, 4) is 0 Å². The molecule has 0 aliphatic carbocycles.